The van der Waals surface area contributed by atoms with Crippen molar-refractivity contribution in [1.29, 1.82) is 0 Å². The number of benzene rings is 1. The number of hydrogen-bond acceptors (Lipinski definition) is 4. The predicted octanol–water partition coefficient (Wildman–Crippen LogP) is 1.27. The fourth-order valence-corrected chi connectivity index (χ4v) is 2.45. The van der Waals surface area contributed by atoms with Gasteiger partial charge in [0.1, 0.15) is 0 Å². The third kappa shape index (κ3) is 4.65. The number of rotatable bonds is 6. The van der Waals surface area contributed by atoms with Crippen LogP contribution in [0.4, 0.5) is 5.69 Å². The number of carbonyl (C=O) groups excluding carboxylic acids is 1. The molecule has 1 rings (SSSR count). The number of hydrogen-bond donors (Lipinski definition) is 2. The first-order valence-corrected chi connectivity index (χ1v) is 8.06. The first kappa shape index (κ1) is 15.7. The Morgan fingerprint density at radius 3 is 2.53 bits per heavy atom. The number of carbonyl (C=O) groups is 1. The van der Waals surface area contributed by atoms with Gasteiger partial charge < -0.3 is 10.6 Å². The molecule has 0 saturated carbocycles. The zero-order valence-electron chi connectivity index (χ0n) is 11.4. The third-order valence-corrected chi connectivity index (χ3v) is 3.85. The van der Waals surface area contributed by atoms with E-state index in [1.807, 2.05) is 6.92 Å². The Morgan fingerprint density at radius 1 is 1.32 bits per heavy atom. The van der Waals surface area contributed by atoms with Crippen molar-refractivity contribution in [1.82, 2.24) is 5.32 Å². The van der Waals surface area contributed by atoms with Gasteiger partial charge in [0.15, 0.2) is 9.84 Å². The average molecular weight is 284 g/mol. The van der Waals surface area contributed by atoms with E-state index in [9.17, 15) is 13.2 Å². The zero-order valence-corrected chi connectivity index (χ0v) is 12.3. The standard InChI is InChI=1S/C13H20N2O3S/c1-4-14-9-10(2)13(16)15-11-7-5-6-8-12(11)19(3,17)18/h5-8,10,14H,4,9H2,1-3H3,(H,15,16). The molecule has 0 heterocycles. The van der Waals surface area contributed by atoms with Gasteiger partial charge >= 0.3 is 0 Å². The number of anilines is 1. The normalized spacial score (nSPS) is 13.0. The summed E-state index contributed by atoms with van der Waals surface area (Å²) in [4.78, 5) is 12.1. The van der Waals surface area contributed by atoms with Crippen LogP contribution in [0.25, 0.3) is 0 Å². The quantitative estimate of drug-likeness (QED) is 0.825. The third-order valence-electron chi connectivity index (χ3n) is 2.69. The van der Waals surface area contributed by atoms with E-state index < -0.39 is 9.84 Å². The molecule has 1 aromatic carbocycles. The summed E-state index contributed by atoms with van der Waals surface area (Å²) in [6.07, 6.45) is 1.13. The topological polar surface area (TPSA) is 75.3 Å². The maximum atomic E-state index is 12.0. The lowest BCUT2D eigenvalue weighted by Gasteiger charge is -2.14. The second-order valence-electron chi connectivity index (χ2n) is 4.47. The molecule has 0 aliphatic rings. The Labute approximate surface area is 114 Å². The number of para-hydroxylation sites is 1. The molecule has 19 heavy (non-hydrogen) atoms. The van der Waals surface area contributed by atoms with Crippen molar-refractivity contribution < 1.29 is 13.2 Å². The van der Waals surface area contributed by atoms with E-state index in [0.29, 0.717) is 12.2 Å². The lowest BCUT2D eigenvalue weighted by atomic mass is 10.1. The first-order valence-electron chi connectivity index (χ1n) is 6.17. The highest BCUT2D eigenvalue weighted by atomic mass is 32.2. The largest absolute Gasteiger partial charge is 0.325 e. The van der Waals surface area contributed by atoms with Gasteiger partial charge in [-0.05, 0) is 18.7 Å². The van der Waals surface area contributed by atoms with Crippen LogP contribution < -0.4 is 10.6 Å². The van der Waals surface area contributed by atoms with Crippen LogP contribution in [0.15, 0.2) is 29.2 Å². The van der Waals surface area contributed by atoms with Gasteiger partial charge in [0.25, 0.3) is 0 Å². The molecule has 1 aromatic rings. The van der Waals surface area contributed by atoms with E-state index in [0.717, 1.165) is 12.8 Å². The average Bonchev–Trinajstić information content (AvgIpc) is 2.35. The molecular formula is C13H20N2O3S. The zero-order chi connectivity index (χ0) is 14.5. The number of nitrogens with one attached hydrogen (secondary N) is 2. The molecule has 0 saturated heterocycles. The molecule has 2 N–H and O–H groups in total. The molecule has 6 heteroatoms. The van der Waals surface area contributed by atoms with Crippen LogP contribution in [0.1, 0.15) is 13.8 Å². The minimum Gasteiger partial charge on any atom is -0.325 e. The van der Waals surface area contributed by atoms with E-state index in [-0.39, 0.29) is 16.7 Å². The summed E-state index contributed by atoms with van der Waals surface area (Å²) in [5, 5.41) is 5.75. The van der Waals surface area contributed by atoms with Gasteiger partial charge in [-0.25, -0.2) is 8.42 Å². The van der Waals surface area contributed by atoms with Crippen LogP contribution >= 0.6 is 0 Å². The summed E-state index contributed by atoms with van der Waals surface area (Å²) in [5.41, 5.74) is 0.332. The molecule has 0 aromatic heterocycles. The van der Waals surface area contributed by atoms with Crippen LogP contribution in [0, 0.1) is 5.92 Å². The Bertz CT molecular complexity index is 541. The Hall–Kier alpha value is -1.40. The lowest BCUT2D eigenvalue weighted by Crippen LogP contribution is -2.30. The molecule has 1 atom stereocenters. The number of sulfone groups is 1. The van der Waals surface area contributed by atoms with E-state index in [1.54, 1.807) is 25.1 Å². The molecule has 0 aliphatic carbocycles. The molecule has 0 fully saturated rings. The highest BCUT2D eigenvalue weighted by Crippen LogP contribution is 2.21. The second-order valence-corrected chi connectivity index (χ2v) is 6.45. The van der Waals surface area contributed by atoms with Gasteiger partial charge in [0.05, 0.1) is 10.6 Å². The lowest BCUT2D eigenvalue weighted by molar-refractivity contribution is -0.119. The second kappa shape index (κ2) is 6.68. The fourth-order valence-electron chi connectivity index (χ4n) is 1.60. The van der Waals surface area contributed by atoms with Crippen molar-refractivity contribution in [3.05, 3.63) is 24.3 Å². The molecule has 0 aliphatic heterocycles. The van der Waals surface area contributed by atoms with Gasteiger partial charge in [0, 0.05) is 18.7 Å². The van der Waals surface area contributed by atoms with Gasteiger partial charge in [-0.1, -0.05) is 26.0 Å². The van der Waals surface area contributed by atoms with Crippen molar-refractivity contribution >= 4 is 21.4 Å². The molecule has 1 unspecified atom stereocenters. The molecule has 0 radical (unpaired) electrons. The van der Waals surface area contributed by atoms with Crippen molar-refractivity contribution in [2.24, 2.45) is 5.92 Å². The van der Waals surface area contributed by atoms with Crippen molar-refractivity contribution in [3.8, 4) is 0 Å². The van der Waals surface area contributed by atoms with Crippen molar-refractivity contribution in [2.75, 3.05) is 24.7 Å². The smallest absolute Gasteiger partial charge is 0.228 e. The summed E-state index contributed by atoms with van der Waals surface area (Å²) < 4.78 is 23.2. The fraction of sp³-hybridized carbons (Fsp3) is 0.462. The van der Waals surface area contributed by atoms with Gasteiger partial charge in [-0.15, -0.1) is 0 Å². The van der Waals surface area contributed by atoms with Crippen LogP contribution in [0.5, 0.6) is 0 Å². The molecule has 0 spiro atoms. The maximum Gasteiger partial charge on any atom is 0.228 e. The SMILES string of the molecule is CCNCC(C)C(=O)Nc1ccccc1S(C)(=O)=O. The highest BCUT2D eigenvalue weighted by molar-refractivity contribution is 7.90. The Kier molecular flexibility index (Phi) is 5.50. The molecular weight excluding hydrogens is 264 g/mol. The maximum absolute atomic E-state index is 12.0. The van der Waals surface area contributed by atoms with Gasteiger partial charge in [-0.2, -0.15) is 0 Å². The monoisotopic (exact) mass is 284 g/mol. The van der Waals surface area contributed by atoms with Crippen LogP contribution in [0.2, 0.25) is 0 Å². The summed E-state index contributed by atoms with van der Waals surface area (Å²) in [5.74, 6) is -0.426. The van der Waals surface area contributed by atoms with Crippen LogP contribution in [-0.4, -0.2) is 33.7 Å². The Balaban J connectivity index is 2.86. The summed E-state index contributed by atoms with van der Waals surface area (Å²) in [7, 11) is -3.35. The van der Waals surface area contributed by atoms with Crippen LogP contribution in [-0.2, 0) is 14.6 Å². The van der Waals surface area contributed by atoms with E-state index in [2.05, 4.69) is 10.6 Å². The van der Waals surface area contributed by atoms with Crippen molar-refractivity contribution in [3.63, 3.8) is 0 Å². The summed E-state index contributed by atoms with van der Waals surface area (Å²) in [6.45, 7) is 5.10. The minimum atomic E-state index is -3.35. The number of amides is 1. The predicted molar refractivity (Wildman–Crippen MR) is 75.9 cm³/mol. The van der Waals surface area contributed by atoms with E-state index in [1.165, 1.54) is 6.07 Å². The van der Waals surface area contributed by atoms with Gasteiger partial charge in [-0.3, -0.25) is 4.79 Å². The van der Waals surface area contributed by atoms with E-state index >= 15 is 0 Å². The first-order chi connectivity index (χ1) is 8.86. The highest BCUT2D eigenvalue weighted by Gasteiger charge is 2.17. The molecule has 0 bridgehead atoms. The Morgan fingerprint density at radius 2 is 1.95 bits per heavy atom. The van der Waals surface area contributed by atoms with Gasteiger partial charge in [0.2, 0.25) is 5.91 Å². The van der Waals surface area contributed by atoms with Crippen molar-refractivity contribution in [2.45, 2.75) is 18.7 Å². The summed E-state index contributed by atoms with van der Waals surface area (Å²) >= 11 is 0. The molecule has 1 amide bonds. The molecule has 106 valence electrons. The molecule has 5 nitrogen and oxygen atoms in total. The van der Waals surface area contributed by atoms with Crippen LogP contribution in [0.3, 0.4) is 0 Å². The summed E-state index contributed by atoms with van der Waals surface area (Å²) in [6, 6.07) is 6.40. The van der Waals surface area contributed by atoms with E-state index in [4.69, 9.17) is 0 Å². The minimum absolute atomic E-state index is 0.138.